The largest absolute Gasteiger partial charge is 0.342 e. The summed E-state index contributed by atoms with van der Waals surface area (Å²) in [6.45, 7) is 9.47. The Hall–Kier alpha value is -4.41. The van der Waals surface area contributed by atoms with Gasteiger partial charge in [-0.3, -0.25) is 14.2 Å². The zero-order valence-electron chi connectivity index (χ0n) is 34.9. The lowest BCUT2D eigenvalue weighted by Crippen LogP contribution is -2.34. The first-order valence-corrected chi connectivity index (χ1v) is 26.3. The van der Waals surface area contributed by atoms with Crippen LogP contribution in [-0.4, -0.2) is 87.7 Å². The molecule has 15 heteroatoms. The van der Waals surface area contributed by atoms with Crippen molar-refractivity contribution in [3.8, 4) is 0 Å². The summed E-state index contributed by atoms with van der Waals surface area (Å²) in [5, 5.41) is 2.25. The number of piperidine rings is 2. The number of amides is 1. The fourth-order valence-corrected chi connectivity index (χ4v) is 13.3. The number of hydrogen-bond acceptors (Lipinski definition) is 10. The van der Waals surface area contributed by atoms with Crippen LogP contribution in [0, 0.1) is 23.7 Å². The van der Waals surface area contributed by atoms with E-state index in [9.17, 15) is 21.6 Å². The minimum absolute atomic E-state index is 0.000987. The third-order valence-electron chi connectivity index (χ3n) is 13.6. The summed E-state index contributed by atoms with van der Waals surface area (Å²) in [5.74, 6) is 2.36. The number of para-hydroxylation sites is 2. The predicted molar refractivity (Wildman–Crippen MR) is 247 cm³/mol. The Labute approximate surface area is 366 Å². The first-order valence-electron chi connectivity index (χ1n) is 20.9. The van der Waals surface area contributed by atoms with E-state index in [4.69, 9.17) is 4.98 Å². The lowest BCUT2D eigenvalue weighted by Gasteiger charge is -2.25. The van der Waals surface area contributed by atoms with Crippen LogP contribution in [-0.2, 0) is 48.5 Å². The Bertz CT molecular complexity index is 2750. The van der Waals surface area contributed by atoms with E-state index >= 15 is 0 Å². The second-order valence-corrected chi connectivity index (χ2v) is 23.4. The maximum atomic E-state index is 12.8. The Balaban J connectivity index is 0.000000156. The van der Waals surface area contributed by atoms with E-state index in [-0.39, 0.29) is 16.7 Å². The van der Waals surface area contributed by atoms with Gasteiger partial charge in [0.15, 0.2) is 0 Å². The molecule has 2 N–H and O–H groups in total. The highest BCUT2D eigenvalue weighted by atomic mass is 32.2. The summed E-state index contributed by atoms with van der Waals surface area (Å²) >= 11 is 3.48. The zero-order chi connectivity index (χ0) is 42.7. The van der Waals surface area contributed by atoms with Gasteiger partial charge in [-0.25, -0.2) is 26.8 Å². The van der Waals surface area contributed by atoms with Crippen LogP contribution in [0.3, 0.4) is 0 Å². The molecule has 2 saturated carbocycles. The topological polar surface area (TPSA) is 142 Å². The van der Waals surface area contributed by atoms with Crippen LogP contribution in [0.1, 0.15) is 47.8 Å². The summed E-state index contributed by atoms with van der Waals surface area (Å²) in [5.41, 5.74) is 5.92. The number of nitrogens with zero attached hydrogens (tertiary/aromatic N) is 4. The minimum Gasteiger partial charge on any atom is -0.342 e. The molecular weight excluding hydrogens is 845 g/mol. The molecule has 10 rings (SSSR count). The van der Waals surface area contributed by atoms with Gasteiger partial charge < -0.3 is 9.80 Å². The van der Waals surface area contributed by atoms with E-state index in [2.05, 4.69) is 69.6 Å². The van der Waals surface area contributed by atoms with Gasteiger partial charge in [-0.1, -0.05) is 62.4 Å². The van der Waals surface area contributed by atoms with Gasteiger partial charge in [0.05, 0.1) is 43.0 Å². The monoisotopic (exact) mass is 896 g/mol. The second kappa shape index (κ2) is 16.1. The minimum atomic E-state index is -3.30. The van der Waals surface area contributed by atoms with Crippen molar-refractivity contribution in [1.82, 2.24) is 19.8 Å². The zero-order valence-corrected chi connectivity index (χ0v) is 38.1. The van der Waals surface area contributed by atoms with Crippen molar-refractivity contribution in [2.24, 2.45) is 23.7 Å². The Morgan fingerprint density at radius 3 is 1.59 bits per heavy atom. The molecule has 2 aliphatic carbocycles. The number of fused-ring (bicyclic) bond motifs is 4. The van der Waals surface area contributed by atoms with E-state index in [1.165, 1.54) is 21.5 Å². The van der Waals surface area contributed by atoms with Crippen LogP contribution < -0.4 is 9.44 Å². The fourth-order valence-electron chi connectivity index (χ4n) is 10.2. The molecule has 4 fully saturated rings. The normalized spacial score (nSPS) is 25.5. The molecule has 61 heavy (non-hydrogen) atoms. The number of aromatic nitrogens is 2. The summed E-state index contributed by atoms with van der Waals surface area (Å²) < 4.78 is 53.8. The molecule has 2 aliphatic heterocycles. The van der Waals surface area contributed by atoms with Gasteiger partial charge in [-0.15, -0.1) is 22.7 Å². The quantitative estimate of drug-likeness (QED) is 0.120. The van der Waals surface area contributed by atoms with Crippen molar-refractivity contribution in [2.45, 2.75) is 50.4 Å². The summed E-state index contributed by atoms with van der Waals surface area (Å²) in [4.78, 5) is 26.7. The number of thiazole rings is 2. The number of rotatable bonds is 13. The van der Waals surface area contributed by atoms with E-state index in [1.54, 1.807) is 17.4 Å². The van der Waals surface area contributed by atoms with Crippen molar-refractivity contribution >= 4 is 80.4 Å². The number of aryl methyl sites for hydroxylation is 2. The van der Waals surface area contributed by atoms with Gasteiger partial charge in [0, 0.05) is 67.6 Å². The van der Waals surface area contributed by atoms with Gasteiger partial charge >= 0.3 is 0 Å². The van der Waals surface area contributed by atoms with E-state index in [0.29, 0.717) is 47.9 Å². The standard InChI is InChI=1S/C23H25N3O3S2.C23H27N3O2S2/c1-23(15-6-5-7-16(12-15)25-31(2,28)29)17-13-26(14-18(17)23)22(27)11-10-21-24-19-8-3-4-9-20(19)30-21;1-23(16-7-5-8-17(13-16)25-30(2,27)28)18-14-26(15-19(18)23)12-6-11-22-24-20-9-3-4-10-21(20)29-22/h3-9,12,17-18,25H,10-11,13-14H2,1-2H3;3-5,7-10,13,18-19,25H,6,11-12,14-15H2,1-2H3. The predicted octanol–water partition coefficient (Wildman–Crippen LogP) is 7.77. The van der Waals surface area contributed by atoms with Gasteiger partial charge in [-0.05, 0) is 96.3 Å². The molecule has 2 aromatic heterocycles. The van der Waals surface area contributed by atoms with Crippen LogP contribution in [0.15, 0.2) is 97.1 Å². The number of carbonyl (C=O) groups is 1. The van der Waals surface area contributed by atoms with E-state index < -0.39 is 20.0 Å². The van der Waals surface area contributed by atoms with Crippen molar-refractivity contribution in [3.05, 3.63) is 118 Å². The number of carbonyl (C=O) groups excluding carboxylic acids is 1. The second-order valence-electron chi connectivity index (χ2n) is 17.7. The Morgan fingerprint density at radius 2 is 1.11 bits per heavy atom. The number of sulfonamides is 2. The van der Waals surface area contributed by atoms with Crippen molar-refractivity contribution in [1.29, 1.82) is 0 Å². The first-order chi connectivity index (χ1) is 29.1. The lowest BCUT2D eigenvalue weighted by molar-refractivity contribution is -0.130. The molecule has 0 radical (unpaired) electrons. The molecule has 2 saturated heterocycles. The summed E-state index contributed by atoms with van der Waals surface area (Å²) in [7, 11) is -6.55. The fraction of sp³-hybridized carbons (Fsp3) is 0.413. The highest BCUT2D eigenvalue weighted by Gasteiger charge is 2.66. The molecular formula is C46H52N6O5S4. The smallest absolute Gasteiger partial charge is 0.229 e. The van der Waals surface area contributed by atoms with Crippen molar-refractivity contribution in [3.63, 3.8) is 0 Å². The summed E-state index contributed by atoms with van der Waals surface area (Å²) in [6, 6.07) is 32.0. The number of benzene rings is 4. The van der Waals surface area contributed by atoms with Crippen molar-refractivity contribution in [2.75, 3.05) is 54.7 Å². The van der Waals surface area contributed by atoms with Crippen LogP contribution in [0.5, 0.6) is 0 Å². The third kappa shape index (κ3) is 8.81. The third-order valence-corrected chi connectivity index (χ3v) is 17.0. The number of likely N-dealkylation sites (tertiary alicyclic amines) is 2. The molecule has 11 nitrogen and oxygen atoms in total. The first kappa shape index (κ1) is 41.9. The molecule has 320 valence electrons. The average molecular weight is 897 g/mol. The molecule has 4 atom stereocenters. The van der Waals surface area contributed by atoms with Crippen LogP contribution in [0.2, 0.25) is 0 Å². The highest BCUT2D eigenvalue weighted by molar-refractivity contribution is 7.92. The Kier molecular flexibility index (Phi) is 11.0. The molecule has 4 heterocycles. The molecule has 4 aromatic carbocycles. The van der Waals surface area contributed by atoms with E-state index in [1.807, 2.05) is 70.8 Å². The molecule has 4 unspecified atom stereocenters. The van der Waals surface area contributed by atoms with Gasteiger partial charge in [0.25, 0.3) is 0 Å². The van der Waals surface area contributed by atoms with Gasteiger partial charge in [0.1, 0.15) is 0 Å². The van der Waals surface area contributed by atoms with Gasteiger partial charge in [0.2, 0.25) is 26.0 Å². The average Bonchev–Trinajstić information content (AvgIpc) is 3.69. The van der Waals surface area contributed by atoms with Crippen LogP contribution >= 0.6 is 22.7 Å². The molecule has 1 amide bonds. The maximum absolute atomic E-state index is 12.8. The van der Waals surface area contributed by atoms with E-state index in [0.717, 1.165) is 78.1 Å². The molecule has 0 bridgehead atoms. The van der Waals surface area contributed by atoms with Gasteiger partial charge in [-0.2, -0.15) is 0 Å². The van der Waals surface area contributed by atoms with Crippen LogP contribution in [0.4, 0.5) is 11.4 Å². The van der Waals surface area contributed by atoms with Crippen molar-refractivity contribution < 1.29 is 21.6 Å². The number of nitrogens with one attached hydrogen (secondary N) is 2. The lowest BCUT2D eigenvalue weighted by atomic mass is 9.92. The SMILES string of the molecule is CC1(c2cccc(NS(C)(=O)=O)c2)C2CN(C(=O)CCc3nc4ccccc4s3)CC21.CC1(c2cccc(NS(C)(=O)=O)c2)C2CN(CCCc3nc4ccccc4s3)CC21. The maximum Gasteiger partial charge on any atom is 0.229 e. The highest BCUT2D eigenvalue weighted by Crippen LogP contribution is 2.64. The Morgan fingerprint density at radius 1 is 0.656 bits per heavy atom. The molecule has 0 spiro atoms. The molecule has 4 aliphatic rings. The summed E-state index contributed by atoms with van der Waals surface area (Å²) in [6.07, 6.45) is 5.71. The number of anilines is 2. The molecule has 6 aromatic rings. The van der Waals surface area contributed by atoms with Crippen LogP contribution in [0.25, 0.3) is 20.4 Å². The number of hydrogen-bond donors (Lipinski definition) is 2.